The van der Waals surface area contributed by atoms with E-state index in [2.05, 4.69) is 46.0 Å². The van der Waals surface area contributed by atoms with Crippen LogP contribution in [0.5, 0.6) is 0 Å². The Hall–Kier alpha value is -3.32. The van der Waals surface area contributed by atoms with Crippen molar-refractivity contribution in [2.45, 2.75) is 257 Å². The Morgan fingerprint density at radius 1 is 0.714 bits per heavy atom. The van der Waals surface area contributed by atoms with E-state index in [1.165, 1.54) is 19.6 Å². The van der Waals surface area contributed by atoms with Crippen LogP contribution in [0, 0.1) is 57.2 Å². The normalized spacial score (nSPS) is 45.1. The fourth-order valence-corrected chi connectivity index (χ4v) is 17.0. The number of hydrogen-bond acceptors (Lipinski definition) is 19. The van der Waals surface area contributed by atoms with Gasteiger partial charge < -0.3 is 84.5 Å². The molecule has 7 fully saturated rings. The number of allylic oxidation sites excluding steroid dienone is 2. The Bertz CT molecular complexity index is 2490. The largest absolute Gasteiger partial charge is 0.468 e. The molecule has 20 nitrogen and oxygen atoms in total. The van der Waals surface area contributed by atoms with Crippen molar-refractivity contribution in [1.29, 1.82) is 0 Å². The number of aliphatic hydroxyl groups excluding tert-OH is 9. The first-order chi connectivity index (χ1) is 39.5. The highest BCUT2D eigenvalue weighted by Crippen LogP contribution is 2.75. The van der Waals surface area contributed by atoms with Crippen LogP contribution in [-0.4, -0.2) is 188 Å². The van der Waals surface area contributed by atoms with Crippen LogP contribution in [-0.2, 0) is 42.8 Å². The van der Waals surface area contributed by atoms with Crippen molar-refractivity contribution in [3.63, 3.8) is 0 Å². The van der Waals surface area contributed by atoms with Crippen molar-refractivity contribution in [3.8, 4) is 0 Å². The summed E-state index contributed by atoms with van der Waals surface area (Å²) in [7, 11) is 1.46. The maximum Gasteiger partial charge on any atom is 0.315 e. The monoisotopic (exact) mass is 1190 g/mol. The molecule has 3 aliphatic heterocycles. The summed E-state index contributed by atoms with van der Waals surface area (Å²) in [5.74, 6) is -0.0335. The third-order valence-corrected chi connectivity index (χ3v) is 22.4. The molecule has 0 spiro atoms. The molecule has 13 unspecified atom stereocenters. The van der Waals surface area contributed by atoms with E-state index in [1.54, 1.807) is 6.92 Å². The fourth-order valence-electron chi connectivity index (χ4n) is 17.0. The van der Waals surface area contributed by atoms with E-state index < -0.39 is 115 Å². The van der Waals surface area contributed by atoms with Crippen molar-refractivity contribution >= 4 is 23.9 Å². The summed E-state index contributed by atoms with van der Waals surface area (Å²) in [5.41, 5.74) is 1.35. The van der Waals surface area contributed by atoms with Gasteiger partial charge in [-0.2, -0.15) is 0 Å². The van der Waals surface area contributed by atoms with Gasteiger partial charge >= 0.3 is 5.97 Å². The standard InChI is InChI=1S/C33H51NO14.C31H48O5/c1-16-10-12-19(13-11-16)20(36)8-6-4-5-7-9-23(38)34-24-22(14-35)45-17(2)30(26(24)40)48-33-29(43)27(41)31(18(3)46-33)47-32-28(42)25(39)21(37)15-44-32;1-26(2)14-15-31(25(35)36-7)20(16-26)19-8-9-22-27(3)12-11-23(33)28(4,18-32)21(27)10-13-29(22,5)30(19,6)17-24(31)34/h10-13,17-18,21-22,24-33,35,37,39-43H,4-9,14-15H2,1-3H3,(H,34,38);8,18,20-24,33-34H,9-17H2,1-7H3/t17-,18?,21+,22?,24-,25?,26?,27?,28?,29?,30?,31-,32-,33-;20?,21-,22?,23+,24?,27?,28-,29?,30-,31-/m01/s1. The van der Waals surface area contributed by atoms with Gasteiger partial charge in [-0.05, 0) is 131 Å². The van der Waals surface area contributed by atoms with Gasteiger partial charge in [0.2, 0.25) is 5.91 Å². The van der Waals surface area contributed by atoms with Crippen LogP contribution in [0.4, 0.5) is 0 Å². The van der Waals surface area contributed by atoms with Crippen LogP contribution in [0.15, 0.2) is 35.9 Å². The number of rotatable bonds is 16. The smallest absolute Gasteiger partial charge is 0.315 e. The molecule has 24 atom stereocenters. The lowest BCUT2D eigenvalue weighted by molar-refractivity contribution is -0.358. The number of Topliss-reactive ketones (excluding diaryl/α,β-unsaturated/α-hetero) is 1. The predicted molar refractivity (Wildman–Crippen MR) is 305 cm³/mol. The lowest BCUT2D eigenvalue weighted by Crippen LogP contribution is -2.68. The number of unbranched alkanes of at least 4 members (excludes halogenated alkanes) is 3. The lowest BCUT2D eigenvalue weighted by Gasteiger charge is -2.71. The highest BCUT2D eigenvalue weighted by molar-refractivity contribution is 5.96. The number of methoxy groups -OCH3 is 1. The number of hydrogen-bond donors (Lipinski definition) is 10. The second-order valence-electron chi connectivity index (χ2n) is 28.0. The van der Waals surface area contributed by atoms with Crippen LogP contribution >= 0.6 is 0 Å². The van der Waals surface area contributed by atoms with Gasteiger partial charge in [-0.1, -0.05) is 95.9 Å². The third kappa shape index (κ3) is 12.3. The van der Waals surface area contributed by atoms with Crippen molar-refractivity contribution in [2.75, 3.05) is 20.3 Å². The zero-order chi connectivity index (χ0) is 61.6. The van der Waals surface area contributed by atoms with Crippen LogP contribution < -0.4 is 5.32 Å². The molecule has 1 amide bonds. The van der Waals surface area contributed by atoms with E-state index in [4.69, 9.17) is 28.4 Å². The van der Waals surface area contributed by atoms with Crippen molar-refractivity contribution in [3.05, 3.63) is 47.0 Å². The van der Waals surface area contributed by atoms with Crippen LogP contribution in [0.25, 0.3) is 0 Å². The second kappa shape index (κ2) is 26.0. The SMILES string of the molecule is COC(=O)[C@]12CCC(C)(C)CC1C1=CCC3C4(C)CC[C@H](O)[C@](C)(C=O)[C@@H]4CCC3(C)[C@]1(C)CC2O.Cc1ccc(C(=O)CCCCCCC(=O)N[C@H]2C(CO)O[C@@H](C)C(O[C@@H]3OC(C)[C@H](O[C@@H]4OC[C@@H](O)C(O)C4O)C(O)C3O)C2O)cc1. The molecule has 20 heteroatoms. The summed E-state index contributed by atoms with van der Waals surface area (Å²) in [6.07, 6.45) is -4.23. The molecule has 10 N–H and O–H groups in total. The predicted octanol–water partition coefficient (Wildman–Crippen LogP) is 4.29. The fraction of sp³-hybridized carbons (Fsp3) is 0.812. The zero-order valence-electron chi connectivity index (χ0n) is 51.1. The average molecular weight is 1190 g/mol. The zero-order valence-corrected chi connectivity index (χ0v) is 51.1. The Morgan fingerprint density at radius 3 is 2.00 bits per heavy atom. The Kier molecular flexibility index (Phi) is 20.6. The molecule has 3 heterocycles. The summed E-state index contributed by atoms with van der Waals surface area (Å²) in [5, 5.41) is 98.2. The van der Waals surface area contributed by atoms with Crippen LogP contribution in [0.1, 0.15) is 168 Å². The van der Waals surface area contributed by atoms with Crippen LogP contribution in [0.2, 0.25) is 0 Å². The molecule has 9 rings (SSSR count). The first-order valence-corrected chi connectivity index (χ1v) is 30.9. The van der Waals surface area contributed by atoms with Crippen molar-refractivity contribution < 1.29 is 93.6 Å². The third-order valence-electron chi connectivity index (χ3n) is 22.4. The van der Waals surface area contributed by atoms with Gasteiger partial charge in [0.1, 0.15) is 66.6 Å². The molecule has 8 aliphatic rings. The first kappa shape index (κ1) is 66.6. The number of esters is 1. The quantitative estimate of drug-likeness (QED) is 0.0363. The van der Waals surface area contributed by atoms with E-state index >= 15 is 0 Å². The number of ether oxygens (including phenoxy) is 6. The minimum atomic E-state index is -1.70. The topological polar surface area (TPSA) is 318 Å². The van der Waals surface area contributed by atoms with E-state index in [0.717, 1.165) is 63.2 Å². The number of carbonyl (C=O) groups is 4. The van der Waals surface area contributed by atoms with Gasteiger partial charge in [0.05, 0.1) is 56.2 Å². The summed E-state index contributed by atoms with van der Waals surface area (Å²) < 4.78 is 33.8. The number of aldehydes is 1. The second-order valence-corrected chi connectivity index (χ2v) is 28.0. The summed E-state index contributed by atoms with van der Waals surface area (Å²) in [6.45, 7) is 18.0. The minimum Gasteiger partial charge on any atom is -0.468 e. The molecule has 1 aromatic rings. The molecular formula is C64H99NO19. The summed E-state index contributed by atoms with van der Waals surface area (Å²) in [4.78, 5) is 50.9. The molecule has 1 aromatic carbocycles. The van der Waals surface area contributed by atoms with Crippen LogP contribution in [0.3, 0.4) is 0 Å². The Labute approximate surface area is 495 Å². The number of aliphatic hydroxyl groups is 9. The number of carbonyl (C=O) groups excluding carboxylic acids is 4. The van der Waals surface area contributed by atoms with Crippen molar-refractivity contribution in [1.82, 2.24) is 5.32 Å². The Morgan fingerprint density at radius 2 is 1.35 bits per heavy atom. The summed E-state index contributed by atoms with van der Waals surface area (Å²) >= 11 is 0. The molecular weight excluding hydrogens is 1090 g/mol. The number of nitrogens with one attached hydrogen (secondary N) is 1. The van der Waals surface area contributed by atoms with Gasteiger partial charge in [0.25, 0.3) is 0 Å². The molecule has 474 valence electrons. The molecule has 0 bridgehead atoms. The maximum atomic E-state index is 13.4. The van der Waals surface area contributed by atoms with Gasteiger partial charge in [0, 0.05) is 18.4 Å². The number of benzene rings is 1. The van der Waals surface area contributed by atoms with E-state index in [1.807, 2.05) is 38.1 Å². The highest BCUT2D eigenvalue weighted by atomic mass is 16.7. The Balaban J connectivity index is 0.000000227. The van der Waals surface area contributed by atoms with Gasteiger partial charge in [-0.15, -0.1) is 0 Å². The van der Waals surface area contributed by atoms with Gasteiger partial charge in [0.15, 0.2) is 18.4 Å². The molecule has 84 heavy (non-hydrogen) atoms. The maximum absolute atomic E-state index is 13.4. The minimum absolute atomic E-state index is 0.0147. The lowest BCUT2D eigenvalue weighted by atomic mass is 9.33. The van der Waals surface area contributed by atoms with E-state index in [9.17, 15) is 65.1 Å². The number of fused-ring (bicyclic) bond motifs is 7. The molecule has 0 aromatic heterocycles. The van der Waals surface area contributed by atoms with E-state index in [-0.39, 0.29) is 64.2 Å². The van der Waals surface area contributed by atoms with Crippen molar-refractivity contribution in [2.24, 2.45) is 50.2 Å². The summed E-state index contributed by atoms with van der Waals surface area (Å²) in [6, 6.07) is 6.40. The average Bonchev–Trinajstić information content (AvgIpc) is 0.823. The van der Waals surface area contributed by atoms with E-state index in [0.29, 0.717) is 50.0 Å². The number of ketones is 1. The molecule has 3 saturated heterocycles. The van der Waals surface area contributed by atoms with Gasteiger partial charge in [-0.25, -0.2) is 0 Å². The number of amides is 1. The van der Waals surface area contributed by atoms with Gasteiger partial charge in [-0.3, -0.25) is 14.4 Å². The molecule has 4 saturated carbocycles. The molecule has 5 aliphatic carbocycles. The number of aryl methyl sites for hydroxylation is 1. The highest BCUT2D eigenvalue weighted by Gasteiger charge is 2.72. The first-order valence-electron chi connectivity index (χ1n) is 30.9. The molecule has 0 radical (unpaired) electrons.